The Kier molecular flexibility index (Phi) is 2.54. The van der Waals surface area contributed by atoms with Crippen LogP contribution in [-0.2, 0) is 11.8 Å². The summed E-state index contributed by atoms with van der Waals surface area (Å²) in [7, 11) is 3.97. The van der Waals surface area contributed by atoms with Gasteiger partial charge in [0.2, 0.25) is 0 Å². The molecule has 0 aromatic heterocycles. The fraction of sp³-hybridized carbons (Fsp3) is 0.556. The van der Waals surface area contributed by atoms with Crippen LogP contribution in [0.25, 0.3) is 0 Å². The maximum Gasteiger partial charge on any atom is 0.165 e. The number of methoxy groups -OCH3 is 1. The van der Waals surface area contributed by atoms with Crippen molar-refractivity contribution in [1.82, 2.24) is 4.90 Å². The summed E-state index contributed by atoms with van der Waals surface area (Å²) < 4.78 is 12.0. The molecule has 22 heavy (non-hydrogen) atoms. The van der Waals surface area contributed by atoms with E-state index in [1.54, 1.807) is 7.11 Å². The van der Waals surface area contributed by atoms with Gasteiger partial charge in [0.1, 0.15) is 6.10 Å². The van der Waals surface area contributed by atoms with Crippen LogP contribution in [0.1, 0.15) is 17.5 Å². The summed E-state index contributed by atoms with van der Waals surface area (Å²) in [6.07, 6.45) is 6.73. The molecule has 0 radical (unpaired) electrons. The van der Waals surface area contributed by atoms with Gasteiger partial charge < -0.3 is 14.4 Å². The average molecular weight is 318 g/mol. The first-order valence-electron chi connectivity index (χ1n) is 8.06. The number of likely N-dealkylation sites (N-methyl/N-ethyl adjacent to an activating group) is 1. The van der Waals surface area contributed by atoms with Crippen LogP contribution in [0.2, 0.25) is 0 Å². The molecule has 3 nitrogen and oxygen atoms in total. The molecule has 1 fully saturated rings. The first-order valence-corrected chi connectivity index (χ1v) is 8.50. The quantitative estimate of drug-likeness (QED) is 0.587. The Morgan fingerprint density at radius 1 is 1.36 bits per heavy atom. The van der Waals surface area contributed by atoms with Crippen LogP contribution in [0, 0.1) is 5.92 Å². The van der Waals surface area contributed by atoms with Crippen molar-refractivity contribution >= 4 is 11.6 Å². The van der Waals surface area contributed by atoms with Gasteiger partial charge >= 0.3 is 0 Å². The van der Waals surface area contributed by atoms with Gasteiger partial charge in [-0.1, -0.05) is 18.2 Å². The normalized spacial score (nSPS) is 41.0. The van der Waals surface area contributed by atoms with Crippen LogP contribution in [0.3, 0.4) is 0 Å². The molecule has 0 unspecified atom stereocenters. The molecule has 5 rings (SSSR count). The third-order valence-electron chi connectivity index (χ3n) is 6.32. The third-order valence-corrected chi connectivity index (χ3v) is 6.69. The summed E-state index contributed by atoms with van der Waals surface area (Å²) in [5, 5.41) is -0.0663. The number of halogens is 1. The van der Waals surface area contributed by atoms with E-state index in [0.29, 0.717) is 12.0 Å². The van der Waals surface area contributed by atoms with Crippen molar-refractivity contribution in [3.63, 3.8) is 0 Å². The summed E-state index contributed by atoms with van der Waals surface area (Å²) in [5.74, 6) is 2.29. The molecular weight excluding hydrogens is 298 g/mol. The number of hydrogen-bond acceptors (Lipinski definition) is 3. The summed E-state index contributed by atoms with van der Waals surface area (Å²) in [4.78, 5) is 2.51. The number of alkyl halides is 1. The predicted molar refractivity (Wildman–Crippen MR) is 86.1 cm³/mol. The molecule has 0 N–H and O–H groups in total. The Morgan fingerprint density at radius 3 is 3.05 bits per heavy atom. The molecule has 1 aromatic rings. The predicted octanol–water partition coefficient (Wildman–Crippen LogP) is 2.75. The lowest BCUT2D eigenvalue weighted by atomic mass is 9.53. The molecule has 4 heteroatoms. The van der Waals surface area contributed by atoms with E-state index in [1.807, 2.05) is 0 Å². The van der Waals surface area contributed by atoms with Gasteiger partial charge in [-0.15, -0.1) is 11.6 Å². The van der Waals surface area contributed by atoms with Crippen LogP contribution in [0.5, 0.6) is 11.5 Å². The Bertz CT molecular complexity index is 688. The Balaban J connectivity index is 1.82. The van der Waals surface area contributed by atoms with Gasteiger partial charge in [-0.2, -0.15) is 0 Å². The zero-order chi connectivity index (χ0) is 15.1. The standard InChI is InChI=1S/C18H20ClNO2/c1-20-8-7-18-11-4-5-12(19)17(18)22-16-14(21-2)6-3-10(15(16)18)9-13(11)20/h3-6,11-13,17H,7-9H2,1-2H3/t11-,12-,13+,17-,18-/m1/s1. The van der Waals surface area contributed by atoms with Crippen molar-refractivity contribution in [2.75, 3.05) is 20.7 Å². The van der Waals surface area contributed by atoms with Gasteiger partial charge in [-0.3, -0.25) is 0 Å². The number of ether oxygens (including phenoxy) is 2. The fourth-order valence-electron chi connectivity index (χ4n) is 5.36. The van der Waals surface area contributed by atoms with Crippen LogP contribution >= 0.6 is 11.6 Å². The Morgan fingerprint density at radius 2 is 2.23 bits per heavy atom. The molecule has 4 aliphatic rings. The van der Waals surface area contributed by atoms with E-state index in [4.69, 9.17) is 21.1 Å². The fourth-order valence-corrected chi connectivity index (χ4v) is 5.72. The molecule has 116 valence electrons. The molecule has 1 spiro atoms. The lowest BCUT2D eigenvalue weighted by molar-refractivity contribution is 0.00341. The highest BCUT2D eigenvalue weighted by atomic mass is 35.5. The second-order valence-electron chi connectivity index (χ2n) is 7.07. The summed E-state index contributed by atoms with van der Waals surface area (Å²) in [6, 6.07) is 4.83. The number of rotatable bonds is 1. The number of hydrogen-bond donors (Lipinski definition) is 0. The maximum atomic E-state index is 6.66. The smallest absolute Gasteiger partial charge is 0.165 e. The van der Waals surface area contributed by atoms with Gasteiger partial charge in [0.05, 0.1) is 12.5 Å². The topological polar surface area (TPSA) is 21.7 Å². The summed E-state index contributed by atoms with van der Waals surface area (Å²) in [5.41, 5.74) is 2.85. The van der Waals surface area contributed by atoms with Crippen LogP contribution in [0.4, 0.5) is 0 Å². The Labute approximate surface area is 135 Å². The number of likely N-dealkylation sites (tertiary alicyclic amines) is 1. The van der Waals surface area contributed by atoms with Gasteiger partial charge in [-0.25, -0.2) is 0 Å². The van der Waals surface area contributed by atoms with Crippen molar-refractivity contribution in [3.8, 4) is 11.5 Å². The number of piperidine rings is 1. The van der Waals surface area contributed by atoms with Crippen molar-refractivity contribution in [2.24, 2.45) is 5.92 Å². The molecule has 2 aliphatic carbocycles. The summed E-state index contributed by atoms with van der Waals surface area (Å²) >= 11 is 6.66. The molecule has 0 saturated carbocycles. The van der Waals surface area contributed by atoms with E-state index >= 15 is 0 Å². The number of benzene rings is 1. The van der Waals surface area contributed by atoms with Gasteiger partial charge in [-0.05, 0) is 38.1 Å². The summed E-state index contributed by atoms with van der Waals surface area (Å²) in [6.45, 7) is 1.11. The molecule has 2 bridgehead atoms. The second kappa shape index (κ2) is 4.21. The minimum absolute atomic E-state index is 0.0331. The third kappa shape index (κ3) is 1.34. The SMILES string of the molecule is COc1ccc2c3c1O[C@@H]1[C@H](Cl)C=C[C@@H]4[C@H](C2)N(C)CC[C@]341. The van der Waals surface area contributed by atoms with Crippen LogP contribution in [0.15, 0.2) is 24.3 Å². The highest BCUT2D eigenvalue weighted by Gasteiger charge is 2.64. The first kappa shape index (κ1) is 13.3. The molecule has 2 heterocycles. The minimum Gasteiger partial charge on any atom is -0.493 e. The largest absolute Gasteiger partial charge is 0.493 e. The maximum absolute atomic E-state index is 6.66. The second-order valence-corrected chi connectivity index (χ2v) is 7.57. The van der Waals surface area contributed by atoms with E-state index in [-0.39, 0.29) is 16.9 Å². The first-order chi connectivity index (χ1) is 10.7. The molecule has 0 amide bonds. The highest BCUT2D eigenvalue weighted by Crippen LogP contribution is 2.62. The highest BCUT2D eigenvalue weighted by molar-refractivity contribution is 6.22. The average Bonchev–Trinajstić information content (AvgIpc) is 2.88. The molecule has 1 aromatic carbocycles. The van der Waals surface area contributed by atoms with E-state index in [2.05, 4.69) is 36.2 Å². The molecule has 5 atom stereocenters. The lowest BCUT2D eigenvalue weighted by Crippen LogP contribution is -2.64. The van der Waals surface area contributed by atoms with Gasteiger partial charge in [0.25, 0.3) is 0 Å². The van der Waals surface area contributed by atoms with Gasteiger partial charge in [0.15, 0.2) is 11.5 Å². The molecule has 1 saturated heterocycles. The lowest BCUT2D eigenvalue weighted by Gasteiger charge is -2.56. The van der Waals surface area contributed by atoms with Crippen LogP contribution < -0.4 is 9.47 Å². The molecular formula is C18H20ClNO2. The van der Waals surface area contributed by atoms with Crippen molar-refractivity contribution in [3.05, 3.63) is 35.4 Å². The van der Waals surface area contributed by atoms with Crippen molar-refractivity contribution < 1.29 is 9.47 Å². The zero-order valence-corrected chi connectivity index (χ0v) is 13.6. The van der Waals surface area contributed by atoms with E-state index < -0.39 is 0 Å². The Hall–Kier alpha value is -1.19. The van der Waals surface area contributed by atoms with E-state index in [9.17, 15) is 0 Å². The zero-order valence-electron chi connectivity index (χ0n) is 12.9. The van der Waals surface area contributed by atoms with E-state index in [0.717, 1.165) is 30.9 Å². The van der Waals surface area contributed by atoms with Crippen LogP contribution in [-0.4, -0.2) is 43.1 Å². The van der Waals surface area contributed by atoms with Crippen molar-refractivity contribution in [2.45, 2.75) is 35.8 Å². The minimum atomic E-state index is -0.0663. The van der Waals surface area contributed by atoms with Crippen molar-refractivity contribution in [1.29, 1.82) is 0 Å². The molecule has 2 aliphatic heterocycles. The monoisotopic (exact) mass is 317 g/mol. The van der Waals surface area contributed by atoms with Gasteiger partial charge in [0, 0.05) is 22.9 Å². The number of nitrogens with zero attached hydrogens (tertiary/aromatic N) is 1. The van der Waals surface area contributed by atoms with E-state index in [1.165, 1.54) is 11.1 Å².